The standard InChI is InChI=1S/C32H37Cl3N4O4/c1-31(2,3)17-32(4,5)27(23-12-13-24(40)37-23)39(30(41)42)16-18-10-11-22(38-29(18)43-6)21-9-7-8-19(25(21)33)20-14-15-36-28(35)26(20)34/h7-11,14-15,23,27H,12-13,16-17H2,1-6H3,(H,37,40)(H,41,42). The minimum absolute atomic E-state index is 0.0231. The SMILES string of the molecule is COc1nc(-c2cccc(-c3ccnc(Cl)c3Cl)c2Cl)ccc1CN(C(=O)O)C(C1CCC(=O)N1)C(C)(C)CC(C)(C)C. The topological polar surface area (TPSA) is 105 Å². The predicted molar refractivity (Wildman–Crippen MR) is 171 cm³/mol. The zero-order chi connectivity index (χ0) is 31.7. The molecule has 2 amide bonds. The Morgan fingerprint density at radius 3 is 2.35 bits per heavy atom. The number of carboxylic acid groups (broad SMARTS) is 1. The molecule has 1 aromatic carbocycles. The van der Waals surface area contributed by atoms with Crippen LogP contribution < -0.4 is 10.1 Å². The molecule has 3 aromatic rings. The van der Waals surface area contributed by atoms with Gasteiger partial charge in [-0.05, 0) is 41.9 Å². The average molecular weight is 648 g/mol. The van der Waals surface area contributed by atoms with Crippen molar-refractivity contribution in [1.29, 1.82) is 0 Å². The number of methoxy groups -OCH3 is 1. The molecule has 2 aromatic heterocycles. The summed E-state index contributed by atoms with van der Waals surface area (Å²) in [4.78, 5) is 35.3. The number of benzene rings is 1. The molecule has 11 heteroatoms. The first-order valence-corrected chi connectivity index (χ1v) is 15.2. The van der Waals surface area contributed by atoms with Gasteiger partial charge in [-0.2, -0.15) is 0 Å². The average Bonchev–Trinajstić information content (AvgIpc) is 3.34. The van der Waals surface area contributed by atoms with Crippen LogP contribution in [0.3, 0.4) is 0 Å². The second kappa shape index (κ2) is 12.9. The fraction of sp³-hybridized carbons (Fsp3) is 0.438. The number of carbonyl (C=O) groups excluding carboxylic acids is 1. The highest BCUT2D eigenvalue weighted by molar-refractivity contribution is 6.43. The van der Waals surface area contributed by atoms with Crippen LogP contribution in [0, 0.1) is 10.8 Å². The minimum Gasteiger partial charge on any atom is -0.481 e. The Hall–Kier alpha value is -3.07. The largest absolute Gasteiger partial charge is 0.481 e. The number of rotatable bonds is 9. The summed E-state index contributed by atoms with van der Waals surface area (Å²) in [6.07, 6.45) is 2.16. The Balaban J connectivity index is 1.73. The first-order chi connectivity index (χ1) is 20.1. The van der Waals surface area contributed by atoms with E-state index in [-0.39, 0.29) is 34.9 Å². The van der Waals surface area contributed by atoms with Crippen molar-refractivity contribution in [2.75, 3.05) is 7.11 Å². The Kier molecular flexibility index (Phi) is 9.84. The van der Waals surface area contributed by atoms with E-state index in [4.69, 9.17) is 44.5 Å². The summed E-state index contributed by atoms with van der Waals surface area (Å²) in [7, 11) is 1.50. The minimum atomic E-state index is -1.08. The van der Waals surface area contributed by atoms with Crippen molar-refractivity contribution >= 4 is 46.8 Å². The molecule has 230 valence electrons. The second-order valence-electron chi connectivity index (χ2n) is 12.8. The van der Waals surface area contributed by atoms with Gasteiger partial charge < -0.3 is 15.2 Å². The molecule has 1 aliphatic rings. The summed E-state index contributed by atoms with van der Waals surface area (Å²) in [6, 6.07) is 10.0. The molecular formula is C32H37Cl3N4O4. The third kappa shape index (κ3) is 7.36. The van der Waals surface area contributed by atoms with E-state index in [0.717, 1.165) is 6.42 Å². The van der Waals surface area contributed by atoms with Crippen molar-refractivity contribution in [2.45, 2.75) is 72.5 Å². The van der Waals surface area contributed by atoms with Crippen LogP contribution in [0.4, 0.5) is 4.79 Å². The van der Waals surface area contributed by atoms with Crippen molar-refractivity contribution in [3.05, 3.63) is 63.4 Å². The number of aromatic nitrogens is 2. The molecule has 0 bridgehead atoms. The summed E-state index contributed by atoms with van der Waals surface area (Å²) in [5.74, 6) is 0.211. The van der Waals surface area contributed by atoms with Gasteiger partial charge in [0.05, 0.1) is 41.5 Å². The van der Waals surface area contributed by atoms with Crippen molar-refractivity contribution in [2.24, 2.45) is 10.8 Å². The van der Waals surface area contributed by atoms with Crippen molar-refractivity contribution < 1.29 is 19.4 Å². The van der Waals surface area contributed by atoms with Crippen molar-refractivity contribution in [3.63, 3.8) is 0 Å². The molecule has 0 aliphatic carbocycles. The Morgan fingerprint density at radius 1 is 1.07 bits per heavy atom. The van der Waals surface area contributed by atoms with Crippen LogP contribution in [-0.2, 0) is 11.3 Å². The van der Waals surface area contributed by atoms with E-state index in [2.05, 4.69) is 44.9 Å². The Morgan fingerprint density at radius 2 is 1.74 bits per heavy atom. The molecule has 4 rings (SSSR count). The van der Waals surface area contributed by atoms with Crippen LogP contribution in [0.25, 0.3) is 22.4 Å². The van der Waals surface area contributed by atoms with Gasteiger partial charge in [0.2, 0.25) is 11.8 Å². The number of carbonyl (C=O) groups is 2. The monoisotopic (exact) mass is 646 g/mol. The van der Waals surface area contributed by atoms with E-state index in [0.29, 0.717) is 50.8 Å². The summed E-state index contributed by atoms with van der Waals surface area (Å²) in [5, 5.41) is 14.4. The maximum atomic E-state index is 12.9. The molecule has 2 N–H and O–H groups in total. The normalized spacial score (nSPS) is 16.1. The maximum absolute atomic E-state index is 12.9. The zero-order valence-electron chi connectivity index (χ0n) is 25.2. The molecule has 1 saturated heterocycles. The number of hydrogen-bond acceptors (Lipinski definition) is 5. The molecule has 0 radical (unpaired) electrons. The van der Waals surface area contributed by atoms with E-state index in [1.165, 1.54) is 12.0 Å². The van der Waals surface area contributed by atoms with E-state index in [9.17, 15) is 14.7 Å². The summed E-state index contributed by atoms with van der Waals surface area (Å²) >= 11 is 19.4. The smallest absolute Gasteiger partial charge is 0.407 e. The predicted octanol–water partition coefficient (Wildman–Crippen LogP) is 8.37. The highest BCUT2D eigenvalue weighted by atomic mass is 35.5. The maximum Gasteiger partial charge on any atom is 0.407 e. The van der Waals surface area contributed by atoms with Crippen LogP contribution in [0.1, 0.15) is 59.4 Å². The number of nitrogens with one attached hydrogen (secondary N) is 1. The molecule has 0 spiro atoms. The molecule has 8 nitrogen and oxygen atoms in total. The fourth-order valence-corrected chi connectivity index (χ4v) is 7.17. The van der Waals surface area contributed by atoms with Crippen LogP contribution in [0.15, 0.2) is 42.6 Å². The van der Waals surface area contributed by atoms with E-state index in [1.54, 1.807) is 24.4 Å². The van der Waals surface area contributed by atoms with Gasteiger partial charge in [0, 0.05) is 34.9 Å². The summed E-state index contributed by atoms with van der Waals surface area (Å²) in [5.41, 5.74) is 2.56. The van der Waals surface area contributed by atoms with E-state index >= 15 is 0 Å². The first kappa shape index (κ1) is 32.8. The molecule has 1 fully saturated rings. The number of ether oxygens (including phenoxy) is 1. The van der Waals surface area contributed by atoms with Gasteiger partial charge in [0.1, 0.15) is 5.15 Å². The van der Waals surface area contributed by atoms with Crippen molar-refractivity contribution in [3.8, 4) is 28.3 Å². The third-order valence-corrected chi connectivity index (χ3v) is 8.84. The highest BCUT2D eigenvalue weighted by Gasteiger charge is 2.46. The summed E-state index contributed by atoms with van der Waals surface area (Å²) < 4.78 is 5.68. The fourth-order valence-electron chi connectivity index (χ4n) is 6.48. The molecule has 0 saturated carbocycles. The number of halogens is 3. The number of pyridine rings is 2. The van der Waals surface area contributed by atoms with Gasteiger partial charge in [0.15, 0.2) is 0 Å². The molecule has 43 heavy (non-hydrogen) atoms. The summed E-state index contributed by atoms with van der Waals surface area (Å²) in [6.45, 7) is 10.6. The van der Waals surface area contributed by atoms with E-state index in [1.807, 2.05) is 18.2 Å². The van der Waals surface area contributed by atoms with E-state index < -0.39 is 17.6 Å². The lowest BCUT2D eigenvalue weighted by molar-refractivity contribution is -0.119. The second-order valence-corrected chi connectivity index (χ2v) is 13.9. The van der Waals surface area contributed by atoms with Gasteiger partial charge >= 0.3 is 6.09 Å². The molecule has 3 heterocycles. The molecule has 2 atom stereocenters. The Labute approximate surface area is 267 Å². The quantitative estimate of drug-likeness (QED) is 0.226. The number of amides is 2. The van der Waals surface area contributed by atoms with Gasteiger partial charge in [0.25, 0.3) is 0 Å². The van der Waals surface area contributed by atoms with Crippen LogP contribution in [0.2, 0.25) is 15.2 Å². The van der Waals surface area contributed by atoms with Gasteiger partial charge in [-0.25, -0.2) is 14.8 Å². The molecular weight excluding hydrogens is 611 g/mol. The van der Waals surface area contributed by atoms with Crippen LogP contribution in [0.5, 0.6) is 5.88 Å². The molecule has 2 unspecified atom stereocenters. The lowest BCUT2D eigenvalue weighted by Gasteiger charge is -2.46. The highest BCUT2D eigenvalue weighted by Crippen LogP contribution is 2.43. The third-order valence-electron chi connectivity index (χ3n) is 7.66. The lowest BCUT2D eigenvalue weighted by atomic mass is 9.69. The number of nitrogens with zero attached hydrogens (tertiary/aromatic N) is 3. The van der Waals surface area contributed by atoms with Gasteiger partial charge in [-0.1, -0.05) is 87.6 Å². The lowest BCUT2D eigenvalue weighted by Crippen LogP contribution is -2.57. The van der Waals surface area contributed by atoms with Crippen molar-refractivity contribution in [1.82, 2.24) is 20.2 Å². The van der Waals surface area contributed by atoms with Crippen LogP contribution in [-0.4, -0.2) is 51.2 Å². The zero-order valence-corrected chi connectivity index (χ0v) is 27.4. The Bertz CT molecular complexity index is 1520. The van der Waals surface area contributed by atoms with Crippen LogP contribution >= 0.6 is 34.8 Å². The number of hydrogen-bond donors (Lipinski definition) is 2. The molecule has 1 aliphatic heterocycles. The van der Waals surface area contributed by atoms with Gasteiger partial charge in [-0.15, -0.1) is 0 Å². The first-order valence-electron chi connectivity index (χ1n) is 14.0. The van der Waals surface area contributed by atoms with Gasteiger partial charge in [-0.3, -0.25) is 9.69 Å².